The third-order valence-electron chi connectivity index (χ3n) is 8.16. The number of hydrogen-bond donors (Lipinski definition) is 0. The Bertz CT molecular complexity index is 2120. The highest BCUT2D eigenvalue weighted by atomic mass is 15.1. The maximum Gasteiger partial charge on any atom is 0.0547 e. The number of nitrogens with zero attached hydrogens (tertiary/aromatic N) is 2. The molecule has 198 valence electrons. The summed E-state index contributed by atoms with van der Waals surface area (Å²) < 4.78 is 2.42. The highest BCUT2D eigenvalue weighted by Gasteiger charge is 2.19. The van der Waals surface area contributed by atoms with Gasteiger partial charge in [-0.05, 0) is 82.6 Å². The van der Waals surface area contributed by atoms with Crippen molar-refractivity contribution in [3.05, 3.63) is 170 Å². The van der Waals surface area contributed by atoms with E-state index in [4.69, 9.17) is 0 Å². The second kappa shape index (κ2) is 10.1. The molecule has 0 radical (unpaired) electrons. The van der Waals surface area contributed by atoms with Crippen LogP contribution in [0.1, 0.15) is 0 Å². The van der Waals surface area contributed by atoms with E-state index in [1.165, 1.54) is 43.7 Å². The third kappa shape index (κ3) is 3.96. The van der Waals surface area contributed by atoms with Crippen molar-refractivity contribution >= 4 is 49.6 Å². The molecule has 0 atom stereocenters. The molecule has 2 heteroatoms. The predicted molar refractivity (Wildman–Crippen MR) is 178 cm³/mol. The van der Waals surface area contributed by atoms with Gasteiger partial charge in [-0.3, -0.25) is 0 Å². The van der Waals surface area contributed by atoms with Gasteiger partial charge in [0.05, 0.1) is 11.0 Å². The van der Waals surface area contributed by atoms with E-state index in [0.717, 1.165) is 22.7 Å². The van der Waals surface area contributed by atoms with Crippen molar-refractivity contribution in [3.63, 3.8) is 0 Å². The molecule has 1 aromatic heterocycles. The first-order valence-corrected chi connectivity index (χ1v) is 14.4. The summed E-state index contributed by atoms with van der Waals surface area (Å²) in [6.07, 6.45) is 0. The van der Waals surface area contributed by atoms with Crippen LogP contribution in [0.3, 0.4) is 0 Å². The molecule has 0 saturated carbocycles. The molecule has 0 aliphatic rings. The summed E-state index contributed by atoms with van der Waals surface area (Å²) >= 11 is 0. The maximum atomic E-state index is 2.42. The van der Waals surface area contributed by atoms with Crippen LogP contribution in [-0.2, 0) is 0 Å². The van der Waals surface area contributed by atoms with E-state index in [2.05, 4.69) is 179 Å². The van der Waals surface area contributed by atoms with Crippen molar-refractivity contribution in [1.29, 1.82) is 0 Å². The van der Waals surface area contributed by atoms with Crippen molar-refractivity contribution in [2.45, 2.75) is 0 Å². The van der Waals surface area contributed by atoms with Crippen LogP contribution in [0.2, 0.25) is 0 Å². The summed E-state index contributed by atoms with van der Waals surface area (Å²) in [6, 6.07) is 60.7. The Morgan fingerprint density at radius 1 is 0.381 bits per heavy atom. The van der Waals surface area contributed by atoms with Gasteiger partial charge >= 0.3 is 0 Å². The minimum absolute atomic E-state index is 1.12. The van der Waals surface area contributed by atoms with Gasteiger partial charge in [-0.15, -0.1) is 0 Å². The first-order valence-electron chi connectivity index (χ1n) is 14.4. The van der Waals surface area contributed by atoms with Crippen LogP contribution >= 0.6 is 0 Å². The van der Waals surface area contributed by atoms with E-state index >= 15 is 0 Å². The maximum absolute atomic E-state index is 2.42. The molecule has 8 rings (SSSR count). The Labute approximate surface area is 245 Å². The second-order valence-electron chi connectivity index (χ2n) is 10.6. The van der Waals surface area contributed by atoms with Crippen LogP contribution < -0.4 is 4.90 Å². The smallest absolute Gasteiger partial charge is 0.0547 e. The Morgan fingerprint density at radius 2 is 0.952 bits per heavy atom. The minimum atomic E-state index is 1.12. The standard InChI is InChI=1S/C40H28N2/c1-4-13-29(14-5-1)36-21-12-22-37-39(36)40-35-20-11-10-15-30(35)23-28-38(40)42(37)34-26-24-33(25-27-34)41(31-16-6-2-7-17-31)32-18-8-3-9-19-32/h1-28H. The molecule has 0 spiro atoms. The third-order valence-corrected chi connectivity index (χ3v) is 8.16. The largest absolute Gasteiger partial charge is 0.311 e. The first kappa shape index (κ1) is 24.2. The number of aromatic nitrogens is 1. The Balaban J connectivity index is 1.36. The van der Waals surface area contributed by atoms with Gasteiger partial charge in [0.2, 0.25) is 0 Å². The lowest BCUT2D eigenvalue weighted by molar-refractivity contribution is 1.17. The van der Waals surface area contributed by atoms with Gasteiger partial charge in [0, 0.05) is 33.5 Å². The van der Waals surface area contributed by atoms with Crippen LogP contribution in [0.15, 0.2) is 170 Å². The van der Waals surface area contributed by atoms with Crippen LogP contribution in [-0.4, -0.2) is 4.57 Å². The zero-order valence-corrected chi connectivity index (χ0v) is 23.1. The van der Waals surface area contributed by atoms with Crippen molar-refractivity contribution in [2.24, 2.45) is 0 Å². The molecule has 0 N–H and O–H groups in total. The minimum Gasteiger partial charge on any atom is -0.311 e. The lowest BCUT2D eigenvalue weighted by atomic mass is 9.97. The van der Waals surface area contributed by atoms with E-state index in [-0.39, 0.29) is 0 Å². The summed E-state index contributed by atoms with van der Waals surface area (Å²) in [4.78, 5) is 2.30. The van der Waals surface area contributed by atoms with Crippen molar-refractivity contribution in [3.8, 4) is 16.8 Å². The summed E-state index contributed by atoms with van der Waals surface area (Å²) in [5.74, 6) is 0. The SMILES string of the molecule is c1ccc(-c2cccc3c2c2c4ccccc4ccc2n3-c2ccc(N(c3ccccc3)c3ccccc3)cc2)cc1. The number of para-hydroxylation sites is 2. The average Bonchev–Trinajstić information content (AvgIpc) is 3.42. The zero-order chi connectivity index (χ0) is 27.9. The monoisotopic (exact) mass is 536 g/mol. The highest BCUT2D eigenvalue weighted by Crippen LogP contribution is 2.42. The lowest BCUT2D eigenvalue weighted by Gasteiger charge is -2.25. The van der Waals surface area contributed by atoms with Gasteiger partial charge in [-0.2, -0.15) is 0 Å². The summed E-state index contributed by atoms with van der Waals surface area (Å²) in [7, 11) is 0. The highest BCUT2D eigenvalue weighted by molar-refractivity contribution is 6.25. The van der Waals surface area contributed by atoms with Gasteiger partial charge in [0.15, 0.2) is 0 Å². The van der Waals surface area contributed by atoms with Crippen molar-refractivity contribution < 1.29 is 0 Å². The van der Waals surface area contributed by atoms with Gasteiger partial charge in [0.25, 0.3) is 0 Å². The molecule has 8 aromatic rings. The quantitative estimate of drug-likeness (QED) is 0.212. The number of anilines is 3. The zero-order valence-electron chi connectivity index (χ0n) is 23.1. The normalized spacial score (nSPS) is 11.3. The van der Waals surface area contributed by atoms with E-state index in [1.54, 1.807) is 0 Å². The van der Waals surface area contributed by atoms with Gasteiger partial charge in [-0.1, -0.05) is 109 Å². The van der Waals surface area contributed by atoms with E-state index in [9.17, 15) is 0 Å². The van der Waals surface area contributed by atoms with E-state index < -0.39 is 0 Å². The molecule has 1 heterocycles. The van der Waals surface area contributed by atoms with Crippen LogP contribution in [0.4, 0.5) is 17.1 Å². The van der Waals surface area contributed by atoms with E-state index in [0.29, 0.717) is 0 Å². The molecular weight excluding hydrogens is 508 g/mol. The Morgan fingerprint density at radius 3 is 1.64 bits per heavy atom. The van der Waals surface area contributed by atoms with Crippen molar-refractivity contribution in [1.82, 2.24) is 4.57 Å². The fraction of sp³-hybridized carbons (Fsp3) is 0. The first-order chi connectivity index (χ1) is 20.9. The molecule has 0 fully saturated rings. The van der Waals surface area contributed by atoms with Crippen LogP contribution in [0, 0.1) is 0 Å². The average molecular weight is 537 g/mol. The molecule has 7 aromatic carbocycles. The summed E-state index contributed by atoms with van der Waals surface area (Å²) in [5, 5.41) is 5.11. The summed E-state index contributed by atoms with van der Waals surface area (Å²) in [5.41, 5.74) is 9.42. The molecule has 0 bridgehead atoms. The number of benzene rings is 7. The van der Waals surface area contributed by atoms with Gasteiger partial charge < -0.3 is 9.47 Å². The fourth-order valence-corrected chi connectivity index (χ4v) is 6.32. The van der Waals surface area contributed by atoms with Gasteiger partial charge in [0.1, 0.15) is 0 Å². The molecule has 2 nitrogen and oxygen atoms in total. The molecule has 0 unspecified atom stereocenters. The molecule has 0 aliphatic carbocycles. The van der Waals surface area contributed by atoms with Crippen LogP contribution in [0.25, 0.3) is 49.4 Å². The number of hydrogen-bond acceptors (Lipinski definition) is 1. The predicted octanol–water partition coefficient (Wildman–Crippen LogP) is 11.1. The second-order valence-corrected chi connectivity index (χ2v) is 10.6. The molecular formula is C40H28N2. The molecule has 0 saturated heterocycles. The van der Waals surface area contributed by atoms with Gasteiger partial charge in [-0.25, -0.2) is 0 Å². The molecule has 0 aliphatic heterocycles. The molecule has 42 heavy (non-hydrogen) atoms. The number of fused-ring (bicyclic) bond motifs is 5. The Hall–Kier alpha value is -5.60. The molecule has 0 amide bonds. The number of rotatable bonds is 5. The lowest BCUT2D eigenvalue weighted by Crippen LogP contribution is -2.09. The van der Waals surface area contributed by atoms with Crippen LogP contribution in [0.5, 0.6) is 0 Å². The van der Waals surface area contributed by atoms with E-state index in [1.807, 2.05) is 0 Å². The fourth-order valence-electron chi connectivity index (χ4n) is 6.32. The van der Waals surface area contributed by atoms with Crippen molar-refractivity contribution in [2.75, 3.05) is 4.90 Å². The summed E-state index contributed by atoms with van der Waals surface area (Å²) in [6.45, 7) is 0. The topological polar surface area (TPSA) is 8.17 Å². The Kier molecular flexibility index (Phi) is 5.82.